The molecule has 0 unspecified atom stereocenters. The number of amides is 2. The van der Waals surface area contributed by atoms with Crippen LogP contribution in [-0.4, -0.2) is 19.1 Å². The van der Waals surface area contributed by atoms with E-state index in [2.05, 4.69) is 15.8 Å². The van der Waals surface area contributed by atoms with Crippen molar-refractivity contribution in [2.24, 2.45) is 10.9 Å². The summed E-state index contributed by atoms with van der Waals surface area (Å²) in [7, 11) is 0. The summed E-state index contributed by atoms with van der Waals surface area (Å²) in [6.45, 7) is 1.01. The van der Waals surface area contributed by atoms with Crippen LogP contribution in [0.15, 0.2) is 29.4 Å². The standard InChI is InChI=1S/C9H12N4O2/c10-9(14)12-6-5-11-7-1-3-8(13-15)4-2-7/h1-4,11H,5-6H2,(H3,10,12,14). The molecule has 1 aromatic carbocycles. The smallest absolute Gasteiger partial charge is 0.312 e. The molecule has 0 fully saturated rings. The molecular weight excluding hydrogens is 196 g/mol. The van der Waals surface area contributed by atoms with Crippen molar-refractivity contribution in [3.8, 4) is 0 Å². The van der Waals surface area contributed by atoms with E-state index in [9.17, 15) is 9.70 Å². The second kappa shape index (κ2) is 5.58. The van der Waals surface area contributed by atoms with Crippen LogP contribution in [0.3, 0.4) is 0 Å². The summed E-state index contributed by atoms with van der Waals surface area (Å²) >= 11 is 0. The molecule has 0 aliphatic heterocycles. The van der Waals surface area contributed by atoms with Gasteiger partial charge in [0, 0.05) is 18.8 Å². The number of nitrogens with one attached hydrogen (secondary N) is 2. The maximum Gasteiger partial charge on any atom is 0.312 e. The first-order valence-corrected chi connectivity index (χ1v) is 4.43. The molecule has 1 rings (SSSR count). The number of hydrogen-bond acceptors (Lipinski definition) is 4. The zero-order valence-corrected chi connectivity index (χ0v) is 8.06. The fourth-order valence-corrected chi connectivity index (χ4v) is 1.03. The lowest BCUT2D eigenvalue weighted by Crippen LogP contribution is -2.33. The van der Waals surface area contributed by atoms with Crippen molar-refractivity contribution in [1.29, 1.82) is 0 Å². The van der Waals surface area contributed by atoms with Gasteiger partial charge in [-0.2, -0.15) is 0 Å². The summed E-state index contributed by atoms with van der Waals surface area (Å²) in [5.74, 6) is 0. The third-order valence-electron chi connectivity index (χ3n) is 1.73. The summed E-state index contributed by atoms with van der Waals surface area (Å²) in [4.78, 5) is 20.5. The Bertz CT molecular complexity index is 336. The summed E-state index contributed by atoms with van der Waals surface area (Å²) in [6.07, 6.45) is 0. The summed E-state index contributed by atoms with van der Waals surface area (Å²) in [6, 6.07) is 6.15. The highest BCUT2D eigenvalue weighted by Gasteiger charge is 1.94. The first-order chi connectivity index (χ1) is 7.22. The van der Waals surface area contributed by atoms with E-state index in [-0.39, 0.29) is 0 Å². The van der Waals surface area contributed by atoms with Gasteiger partial charge in [-0.1, -0.05) is 0 Å². The Hall–Kier alpha value is -2.11. The van der Waals surface area contributed by atoms with E-state index in [4.69, 9.17) is 5.73 Å². The van der Waals surface area contributed by atoms with Crippen molar-refractivity contribution < 1.29 is 4.79 Å². The van der Waals surface area contributed by atoms with Gasteiger partial charge in [-0.3, -0.25) is 0 Å². The Balaban J connectivity index is 2.31. The molecule has 4 N–H and O–H groups in total. The second-order valence-electron chi connectivity index (χ2n) is 2.86. The maximum absolute atomic E-state index is 10.3. The van der Waals surface area contributed by atoms with E-state index in [0.29, 0.717) is 18.8 Å². The lowest BCUT2D eigenvalue weighted by Gasteiger charge is -2.06. The largest absolute Gasteiger partial charge is 0.383 e. The Morgan fingerprint density at radius 2 is 1.93 bits per heavy atom. The number of hydrogen-bond donors (Lipinski definition) is 3. The van der Waals surface area contributed by atoms with Gasteiger partial charge >= 0.3 is 6.03 Å². The van der Waals surface area contributed by atoms with Crippen LogP contribution in [0.1, 0.15) is 0 Å². The number of benzene rings is 1. The minimum atomic E-state index is -0.544. The van der Waals surface area contributed by atoms with E-state index < -0.39 is 6.03 Å². The average molecular weight is 208 g/mol. The topological polar surface area (TPSA) is 96.6 Å². The number of carbonyl (C=O) groups is 1. The molecule has 0 saturated carbocycles. The predicted octanol–water partition coefficient (Wildman–Crippen LogP) is 1.16. The molecule has 0 aliphatic rings. The van der Waals surface area contributed by atoms with Crippen LogP contribution in [0, 0.1) is 4.91 Å². The minimum Gasteiger partial charge on any atom is -0.383 e. The highest BCUT2D eigenvalue weighted by atomic mass is 16.3. The first kappa shape index (κ1) is 11.0. The van der Waals surface area contributed by atoms with Crippen molar-refractivity contribution in [2.75, 3.05) is 18.4 Å². The molecular formula is C9H12N4O2. The number of rotatable bonds is 5. The fraction of sp³-hybridized carbons (Fsp3) is 0.222. The Labute approximate surface area is 86.8 Å². The van der Waals surface area contributed by atoms with Gasteiger partial charge in [-0.15, -0.1) is 4.91 Å². The number of nitrogens with two attached hydrogens (primary N) is 1. The third-order valence-corrected chi connectivity index (χ3v) is 1.73. The van der Waals surface area contributed by atoms with Gasteiger partial charge in [0.05, 0.1) is 0 Å². The lowest BCUT2D eigenvalue weighted by atomic mass is 10.3. The number of nitroso groups, excluding NO2 is 1. The normalized spacial score (nSPS) is 9.33. The third kappa shape index (κ3) is 4.08. The number of primary amides is 1. The van der Waals surface area contributed by atoms with Crippen molar-refractivity contribution in [2.45, 2.75) is 0 Å². The molecule has 0 spiro atoms. The zero-order chi connectivity index (χ0) is 11.1. The zero-order valence-electron chi connectivity index (χ0n) is 8.06. The monoisotopic (exact) mass is 208 g/mol. The molecule has 0 atom stereocenters. The molecule has 2 amide bonds. The highest BCUT2D eigenvalue weighted by Crippen LogP contribution is 2.15. The van der Waals surface area contributed by atoms with Crippen molar-refractivity contribution in [1.82, 2.24) is 5.32 Å². The van der Waals surface area contributed by atoms with E-state index in [1.165, 1.54) is 0 Å². The van der Waals surface area contributed by atoms with Gasteiger partial charge in [0.25, 0.3) is 0 Å². The second-order valence-corrected chi connectivity index (χ2v) is 2.86. The van der Waals surface area contributed by atoms with Gasteiger partial charge in [-0.25, -0.2) is 4.79 Å². The SMILES string of the molecule is NC(=O)NCCNc1ccc(N=O)cc1. The van der Waals surface area contributed by atoms with Crippen LogP contribution >= 0.6 is 0 Å². The van der Waals surface area contributed by atoms with E-state index in [0.717, 1.165) is 5.69 Å². The van der Waals surface area contributed by atoms with Crippen LogP contribution < -0.4 is 16.4 Å². The number of urea groups is 1. The summed E-state index contributed by atoms with van der Waals surface area (Å²) < 4.78 is 0. The van der Waals surface area contributed by atoms with Gasteiger partial charge < -0.3 is 16.4 Å². The van der Waals surface area contributed by atoms with E-state index >= 15 is 0 Å². The van der Waals surface area contributed by atoms with E-state index in [1.54, 1.807) is 24.3 Å². The Kier molecular flexibility index (Phi) is 4.08. The maximum atomic E-state index is 10.3. The van der Waals surface area contributed by atoms with Crippen LogP contribution in [0.4, 0.5) is 16.2 Å². The average Bonchev–Trinajstić information content (AvgIpc) is 2.25. The van der Waals surface area contributed by atoms with Gasteiger partial charge in [0.15, 0.2) is 0 Å². The van der Waals surface area contributed by atoms with Gasteiger partial charge in [-0.05, 0) is 29.4 Å². The first-order valence-electron chi connectivity index (χ1n) is 4.43. The summed E-state index contributed by atoms with van der Waals surface area (Å²) in [5, 5.41) is 8.26. The molecule has 15 heavy (non-hydrogen) atoms. The quantitative estimate of drug-likeness (QED) is 0.500. The molecule has 0 bridgehead atoms. The molecule has 0 aliphatic carbocycles. The molecule has 6 heteroatoms. The van der Waals surface area contributed by atoms with Gasteiger partial charge in [0.1, 0.15) is 5.69 Å². The van der Waals surface area contributed by atoms with Crippen LogP contribution in [-0.2, 0) is 0 Å². The summed E-state index contributed by atoms with van der Waals surface area (Å²) in [5.41, 5.74) is 6.13. The molecule has 0 heterocycles. The van der Waals surface area contributed by atoms with Crippen molar-refractivity contribution >= 4 is 17.4 Å². The van der Waals surface area contributed by atoms with Crippen LogP contribution in [0.25, 0.3) is 0 Å². The molecule has 0 radical (unpaired) electrons. The number of anilines is 1. The molecule has 0 aromatic heterocycles. The molecule has 6 nitrogen and oxygen atoms in total. The lowest BCUT2D eigenvalue weighted by molar-refractivity contribution is 0.249. The number of nitrogens with zero attached hydrogens (tertiary/aromatic N) is 1. The van der Waals surface area contributed by atoms with E-state index in [1.807, 2.05) is 0 Å². The predicted molar refractivity (Wildman–Crippen MR) is 58.0 cm³/mol. The molecule has 1 aromatic rings. The highest BCUT2D eigenvalue weighted by molar-refractivity contribution is 5.71. The van der Waals surface area contributed by atoms with Crippen molar-refractivity contribution in [3.63, 3.8) is 0 Å². The van der Waals surface area contributed by atoms with Crippen LogP contribution in [0.2, 0.25) is 0 Å². The Morgan fingerprint density at radius 3 is 2.47 bits per heavy atom. The number of carbonyl (C=O) groups excluding carboxylic acids is 1. The minimum absolute atomic E-state index is 0.385. The Morgan fingerprint density at radius 1 is 1.27 bits per heavy atom. The van der Waals surface area contributed by atoms with Crippen molar-refractivity contribution in [3.05, 3.63) is 29.2 Å². The molecule has 0 saturated heterocycles. The fourth-order valence-electron chi connectivity index (χ4n) is 1.03. The van der Waals surface area contributed by atoms with Gasteiger partial charge in [0.2, 0.25) is 0 Å². The molecule has 80 valence electrons. The van der Waals surface area contributed by atoms with Crippen LogP contribution in [0.5, 0.6) is 0 Å².